The van der Waals surface area contributed by atoms with Crippen LogP contribution in [0.15, 0.2) is 46.9 Å². The number of hydrogen-bond donors (Lipinski definition) is 1. The predicted molar refractivity (Wildman–Crippen MR) is 122 cm³/mol. The van der Waals surface area contributed by atoms with Gasteiger partial charge < -0.3 is 4.90 Å². The van der Waals surface area contributed by atoms with Gasteiger partial charge in [0.25, 0.3) is 5.91 Å². The Kier molecular flexibility index (Phi) is 6.38. The molecule has 10 heteroatoms. The molecule has 154 valence electrons. The quantitative estimate of drug-likeness (QED) is 0.486. The van der Waals surface area contributed by atoms with E-state index in [0.29, 0.717) is 38.7 Å². The van der Waals surface area contributed by atoms with E-state index in [2.05, 4.69) is 31.4 Å². The standard InChI is InChI=1S/C20H15BrCl2N4O2S/c21-13-6-3-11(4-7-13)18-25-26-20(30-18)24-17(28)16-2-1-9-27(16)19(29)12-5-8-14(22)15(23)10-12/h3-8,10,16H,1-2,9H2,(H,24,26,28). The normalized spacial score (nSPS) is 16.0. The zero-order valence-electron chi connectivity index (χ0n) is 15.4. The van der Waals surface area contributed by atoms with Crippen LogP contribution in [-0.2, 0) is 4.79 Å². The summed E-state index contributed by atoms with van der Waals surface area (Å²) in [5, 5.41) is 12.8. The summed E-state index contributed by atoms with van der Waals surface area (Å²) < 4.78 is 0.970. The lowest BCUT2D eigenvalue weighted by atomic mass is 10.1. The molecule has 6 nitrogen and oxygen atoms in total. The second kappa shape index (κ2) is 9.01. The number of amides is 2. The topological polar surface area (TPSA) is 75.2 Å². The first kappa shape index (κ1) is 21.2. The SMILES string of the molecule is O=C(Nc1nnc(-c2ccc(Br)cc2)s1)C1CCCN1C(=O)c1ccc(Cl)c(Cl)c1. The van der Waals surface area contributed by atoms with Crippen LogP contribution in [0.2, 0.25) is 10.0 Å². The summed E-state index contributed by atoms with van der Waals surface area (Å²) in [7, 11) is 0. The molecule has 1 fully saturated rings. The molecule has 1 aliphatic rings. The van der Waals surface area contributed by atoms with Crippen LogP contribution in [-0.4, -0.2) is 39.5 Å². The Labute approximate surface area is 195 Å². The Hall–Kier alpha value is -2.00. The van der Waals surface area contributed by atoms with Crippen molar-refractivity contribution in [2.75, 3.05) is 11.9 Å². The van der Waals surface area contributed by atoms with Gasteiger partial charge in [-0.2, -0.15) is 0 Å². The Morgan fingerprint density at radius 3 is 2.60 bits per heavy atom. The summed E-state index contributed by atoms with van der Waals surface area (Å²) >= 11 is 16.7. The van der Waals surface area contributed by atoms with Crippen LogP contribution in [0.25, 0.3) is 10.6 Å². The monoisotopic (exact) mass is 524 g/mol. The molecule has 30 heavy (non-hydrogen) atoms. The molecule has 1 saturated heterocycles. The maximum atomic E-state index is 12.9. The van der Waals surface area contributed by atoms with Crippen molar-refractivity contribution >= 4 is 67.4 Å². The molecule has 0 saturated carbocycles. The van der Waals surface area contributed by atoms with Gasteiger partial charge in [0.15, 0.2) is 0 Å². The van der Waals surface area contributed by atoms with Crippen LogP contribution in [0.3, 0.4) is 0 Å². The van der Waals surface area contributed by atoms with Crippen molar-refractivity contribution in [3.8, 4) is 10.6 Å². The van der Waals surface area contributed by atoms with Crippen molar-refractivity contribution in [3.63, 3.8) is 0 Å². The average Bonchev–Trinajstić information content (AvgIpc) is 3.40. The van der Waals surface area contributed by atoms with Crippen LogP contribution in [0.1, 0.15) is 23.2 Å². The van der Waals surface area contributed by atoms with Crippen molar-refractivity contribution in [3.05, 3.63) is 62.5 Å². The number of aromatic nitrogens is 2. The summed E-state index contributed by atoms with van der Waals surface area (Å²) in [6.45, 7) is 0.497. The Bertz CT molecular complexity index is 1110. The van der Waals surface area contributed by atoms with Crippen LogP contribution in [0.4, 0.5) is 5.13 Å². The first-order valence-corrected chi connectivity index (χ1v) is 11.5. The molecule has 0 aliphatic carbocycles. The molecule has 1 N–H and O–H groups in total. The fourth-order valence-electron chi connectivity index (χ4n) is 3.25. The summed E-state index contributed by atoms with van der Waals surface area (Å²) in [6, 6.07) is 11.8. The van der Waals surface area contributed by atoms with Gasteiger partial charge >= 0.3 is 0 Å². The van der Waals surface area contributed by atoms with E-state index in [4.69, 9.17) is 23.2 Å². The minimum Gasteiger partial charge on any atom is -0.327 e. The van der Waals surface area contributed by atoms with Gasteiger partial charge in [0, 0.05) is 22.1 Å². The maximum absolute atomic E-state index is 12.9. The number of halogens is 3. The molecule has 0 bridgehead atoms. The van der Waals surface area contributed by atoms with Gasteiger partial charge in [-0.1, -0.05) is 62.6 Å². The third-order valence-electron chi connectivity index (χ3n) is 4.73. The van der Waals surface area contributed by atoms with Crippen LogP contribution in [0.5, 0.6) is 0 Å². The lowest BCUT2D eigenvalue weighted by molar-refractivity contribution is -0.119. The molecule has 1 atom stereocenters. The van der Waals surface area contributed by atoms with E-state index in [0.717, 1.165) is 16.5 Å². The maximum Gasteiger partial charge on any atom is 0.254 e. The highest BCUT2D eigenvalue weighted by molar-refractivity contribution is 9.10. The predicted octanol–water partition coefficient (Wildman–Crippen LogP) is 5.52. The average molecular weight is 526 g/mol. The Morgan fingerprint density at radius 2 is 1.87 bits per heavy atom. The van der Waals surface area contributed by atoms with Crippen LogP contribution in [0, 0.1) is 0 Å². The van der Waals surface area contributed by atoms with Crippen LogP contribution < -0.4 is 5.32 Å². The highest BCUT2D eigenvalue weighted by Crippen LogP contribution is 2.29. The van der Waals surface area contributed by atoms with Gasteiger partial charge in [-0.15, -0.1) is 10.2 Å². The Morgan fingerprint density at radius 1 is 1.10 bits per heavy atom. The van der Waals surface area contributed by atoms with E-state index < -0.39 is 6.04 Å². The molecule has 2 amide bonds. The number of rotatable bonds is 4. The van der Waals surface area contributed by atoms with E-state index in [1.165, 1.54) is 17.4 Å². The number of anilines is 1. The molecule has 0 radical (unpaired) electrons. The van der Waals surface area contributed by atoms with E-state index in [-0.39, 0.29) is 11.8 Å². The summed E-state index contributed by atoms with van der Waals surface area (Å²) in [5.74, 6) is -0.529. The van der Waals surface area contributed by atoms with Gasteiger partial charge in [0.05, 0.1) is 10.0 Å². The molecule has 3 aromatic rings. The molecular formula is C20H15BrCl2N4O2S. The molecular weight excluding hydrogens is 511 g/mol. The van der Waals surface area contributed by atoms with Crippen molar-refractivity contribution in [1.82, 2.24) is 15.1 Å². The lowest BCUT2D eigenvalue weighted by Crippen LogP contribution is -2.43. The van der Waals surface area contributed by atoms with E-state index in [1.54, 1.807) is 17.0 Å². The molecule has 2 aromatic carbocycles. The fraction of sp³-hybridized carbons (Fsp3) is 0.200. The second-order valence-corrected chi connectivity index (χ2v) is 9.40. The number of likely N-dealkylation sites (tertiary alicyclic amines) is 1. The lowest BCUT2D eigenvalue weighted by Gasteiger charge is -2.23. The molecule has 2 heterocycles. The Balaban J connectivity index is 1.47. The molecule has 1 aromatic heterocycles. The van der Waals surface area contributed by atoms with Gasteiger partial charge in [-0.3, -0.25) is 14.9 Å². The zero-order chi connectivity index (χ0) is 21.3. The molecule has 4 rings (SSSR count). The number of benzene rings is 2. The van der Waals surface area contributed by atoms with Gasteiger partial charge in [-0.05, 0) is 43.2 Å². The third-order valence-corrected chi connectivity index (χ3v) is 6.88. The van der Waals surface area contributed by atoms with Gasteiger partial charge in [0.2, 0.25) is 11.0 Å². The first-order chi connectivity index (χ1) is 14.4. The number of hydrogen-bond acceptors (Lipinski definition) is 5. The van der Waals surface area contributed by atoms with Gasteiger partial charge in [0.1, 0.15) is 11.0 Å². The molecule has 0 spiro atoms. The smallest absolute Gasteiger partial charge is 0.254 e. The zero-order valence-corrected chi connectivity index (χ0v) is 19.4. The number of carbonyl (C=O) groups excluding carboxylic acids is 2. The third kappa shape index (κ3) is 4.51. The number of nitrogens with one attached hydrogen (secondary N) is 1. The van der Waals surface area contributed by atoms with Crippen molar-refractivity contribution in [1.29, 1.82) is 0 Å². The van der Waals surface area contributed by atoms with E-state index >= 15 is 0 Å². The molecule has 1 aliphatic heterocycles. The summed E-state index contributed by atoms with van der Waals surface area (Å²) in [6.07, 6.45) is 1.32. The highest BCUT2D eigenvalue weighted by atomic mass is 79.9. The first-order valence-electron chi connectivity index (χ1n) is 9.09. The van der Waals surface area contributed by atoms with Crippen LogP contribution >= 0.6 is 50.5 Å². The van der Waals surface area contributed by atoms with Crippen molar-refractivity contribution in [2.24, 2.45) is 0 Å². The number of nitrogens with zero attached hydrogens (tertiary/aromatic N) is 3. The minimum absolute atomic E-state index is 0.251. The minimum atomic E-state index is -0.577. The summed E-state index contributed by atoms with van der Waals surface area (Å²) in [4.78, 5) is 27.3. The molecule has 1 unspecified atom stereocenters. The fourth-order valence-corrected chi connectivity index (χ4v) is 4.56. The largest absolute Gasteiger partial charge is 0.327 e. The highest BCUT2D eigenvalue weighted by Gasteiger charge is 2.35. The summed E-state index contributed by atoms with van der Waals surface area (Å²) in [5.41, 5.74) is 1.31. The second-order valence-electron chi connectivity index (χ2n) is 6.69. The van der Waals surface area contributed by atoms with Crippen molar-refractivity contribution in [2.45, 2.75) is 18.9 Å². The van der Waals surface area contributed by atoms with Crippen molar-refractivity contribution < 1.29 is 9.59 Å². The number of carbonyl (C=O) groups is 2. The van der Waals surface area contributed by atoms with Gasteiger partial charge in [-0.25, -0.2) is 0 Å². The van der Waals surface area contributed by atoms with E-state index in [9.17, 15) is 9.59 Å². The van der Waals surface area contributed by atoms with E-state index in [1.807, 2.05) is 24.3 Å².